The molecule has 2 heterocycles. The van der Waals surface area contributed by atoms with Crippen LogP contribution in [0.5, 0.6) is 0 Å². The number of amides is 1. The van der Waals surface area contributed by atoms with Crippen molar-refractivity contribution in [1.82, 2.24) is 15.1 Å². The summed E-state index contributed by atoms with van der Waals surface area (Å²) in [5.41, 5.74) is 6.47. The number of nitrogens with one attached hydrogen (secondary N) is 2. The molecule has 2 rings (SSSR count). The maximum atomic E-state index is 11.4. The van der Waals surface area contributed by atoms with Gasteiger partial charge in [-0.1, -0.05) is 0 Å². The van der Waals surface area contributed by atoms with Crippen molar-refractivity contribution in [2.75, 3.05) is 31.6 Å². The number of aromatic nitrogens is 2. The van der Waals surface area contributed by atoms with Crippen molar-refractivity contribution in [3.63, 3.8) is 0 Å². The maximum Gasteiger partial charge on any atom is 0.254 e. The Bertz CT molecular complexity index is 466. The number of primary amides is 1. The van der Waals surface area contributed by atoms with Crippen molar-refractivity contribution in [2.24, 2.45) is 12.8 Å². The van der Waals surface area contributed by atoms with Crippen LogP contribution in [0, 0.1) is 6.92 Å². The van der Waals surface area contributed by atoms with Gasteiger partial charge in [0.1, 0.15) is 11.4 Å². The van der Waals surface area contributed by atoms with E-state index < -0.39 is 5.91 Å². The molecule has 1 aromatic rings. The number of nitrogens with zero attached hydrogens (tertiary/aromatic N) is 2. The number of ether oxygens (including phenoxy) is 1. The minimum atomic E-state index is -0.461. The summed E-state index contributed by atoms with van der Waals surface area (Å²) < 4.78 is 7.44. The summed E-state index contributed by atoms with van der Waals surface area (Å²) >= 11 is 0. The lowest BCUT2D eigenvalue weighted by Crippen LogP contribution is -2.33. The third-order valence-corrected chi connectivity index (χ3v) is 3.50. The summed E-state index contributed by atoms with van der Waals surface area (Å²) in [4.78, 5) is 11.4. The molecular weight excluding hydrogens is 258 g/mol. The first-order valence-electron chi connectivity index (χ1n) is 6.99. The summed E-state index contributed by atoms with van der Waals surface area (Å²) in [5.74, 6) is 0.196. The van der Waals surface area contributed by atoms with Crippen LogP contribution < -0.4 is 16.4 Å². The highest BCUT2D eigenvalue weighted by Gasteiger charge is 2.18. The van der Waals surface area contributed by atoms with Crippen molar-refractivity contribution < 1.29 is 9.53 Å². The van der Waals surface area contributed by atoms with Gasteiger partial charge in [-0.2, -0.15) is 5.10 Å². The number of carbonyl (C=O) groups excluding carboxylic acids is 1. The predicted octanol–water partition coefficient (Wildman–Crippen LogP) is 0.00792. The second kappa shape index (κ2) is 6.71. The van der Waals surface area contributed by atoms with Gasteiger partial charge in [-0.3, -0.25) is 9.48 Å². The minimum Gasteiger partial charge on any atom is -0.376 e. The lowest BCUT2D eigenvalue weighted by molar-refractivity contribution is 0.0393. The van der Waals surface area contributed by atoms with Crippen LogP contribution in [0.15, 0.2) is 0 Å². The first-order valence-corrected chi connectivity index (χ1v) is 6.99. The van der Waals surface area contributed by atoms with E-state index in [-0.39, 0.29) is 0 Å². The fraction of sp³-hybridized carbons (Fsp3) is 0.692. The average Bonchev–Trinajstić information content (AvgIpc) is 2.70. The lowest BCUT2D eigenvalue weighted by atomic mass is 10.1. The van der Waals surface area contributed by atoms with Crippen LogP contribution in [0.1, 0.15) is 28.9 Å². The zero-order chi connectivity index (χ0) is 14.5. The Morgan fingerprint density at radius 2 is 2.25 bits per heavy atom. The Balaban J connectivity index is 1.83. The molecule has 7 heteroatoms. The molecule has 7 nitrogen and oxygen atoms in total. The average molecular weight is 281 g/mol. The van der Waals surface area contributed by atoms with E-state index in [2.05, 4.69) is 15.7 Å². The molecule has 1 aromatic heterocycles. The summed E-state index contributed by atoms with van der Waals surface area (Å²) in [7, 11) is 1.79. The zero-order valence-corrected chi connectivity index (χ0v) is 12.1. The SMILES string of the molecule is Cc1nn(C)c(NCCOC2CCNCC2)c1C(N)=O. The molecule has 1 saturated heterocycles. The van der Waals surface area contributed by atoms with Crippen LogP contribution >= 0.6 is 0 Å². The van der Waals surface area contributed by atoms with Crippen molar-refractivity contribution in [2.45, 2.75) is 25.9 Å². The molecule has 0 saturated carbocycles. The highest BCUT2D eigenvalue weighted by atomic mass is 16.5. The number of aryl methyl sites for hydroxylation is 2. The van der Waals surface area contributed by atoms with Gasteiger partial charge in [0.05, 0.1) is 18.4 Å². The van der Waals surface area contributed by atoms with Gasteiger partial charge in [0.25, 0.3) is 5.91 Å². The van der Waals surface area contributed by atoms with E-state index >= 15 is 0 Å². The third kappa shape index (κ3) is 3.49. The van der Waals surface area contributed by atoms with Crippen molar-refractivity contribution >= 4 is 11.7 Å². The second-order valence-electron chi connectivity index (χ2n) is 5.04. The van der Waals surface area contributed by atoms with E-state index in [1.807, 2.05) is 0 Å². The number of hydrogen-bond donors (Lipinski definition) is 3. The Hall–Kier alpha value is -1.60. The van der Waals surface area contributed by atoms with E-state index in [0.29, 0.717) is 36.3 Å². The van der Waals surface area contributed by atoms with E-state index in [0.717, 1.165) is 25.9 Å². The number of piperidine rings is 1. The molecule has 0 radical (unpaired) electrons. The topological polar surface area (TPSA) is 94.2 Å². The van der Waals surface area contributed by atoms with Crippen molar-refractivity contribution in [3.8, 4) is 0 Å². The number of carbonyl (C=O) groups is 1. The summed E-state index contributed by atoms with van der Waals surface area (Å²) in [6, 6.07) is 0. The van der Waals surface area contributed by atoms with E-state index in [1.165, 1.54) is 0 Å². The smallest absolute Gasteiger partial charge is 0.254 e. The van der Waals surface area contributed by atoms with Crippen molar-refractivity contribution in [3.05, 3.63) is 11.3 Å². The van der Waals surface area contributed by atoms with Gasteiger partial charge < -0.3 is 21.1 Å². The maximum absolute atomic E-state index is 11.4. The van der Waals surface area contributed by atoms with Gasteiger partial charge >= 0.3 is 0 Å². The molecule has 0 atom stereocenters. The quantitative estimate of drug-likeness (QED) is 0.639. The van der Waals surface area contributed by atoms with Crippen molar-refractivity contribution in [1.29, 1.82) is 0 Å². The largest absolute Gasteiger partial charge is 0.376 e. The van der Waals surface area contributed by atoms with Crippen LogP contribution in [0.4, 0.5) is 5.82 Å². The van der Waals surface area contributed by atoms with Gasteiger partial charge in [0, 0.05) is 13.6 Å². The Labute approximate surface area is 118 Å². The fourth-order valence-corrected chi connectivity index (χ4v) is 2.51. The third-order valence-electron chi connectivity index (χ3n) is 3.50. The molecule has 0 aliphatic carbocycles. The predicted molar refractivity (Wildman–Crippen MR) is 76.8 cm³/mol. The molecule has 0 bridgehead atoms. The molecule has 1 aliphatic heterocycles. The molecule has 20 heavy (non-hydrogen) atoms. The molecule has 0 aromatic carbocycles. The number of hydrogen-bond acceptors (Lipinski definition) is 5. The monoisotopic (exact) mass is 281 g/mol. The summed E-state index contributed by atoms with van der Waals surface area (Å²) in [6.07, 6.45) is 2.44. The van der Waals surface area contributed by atoms with E-state index in [1.54, 1.807) is 18.7 Å². The standard InChI is InChI=1S/C13H23N5O2/c1-9-11(12(14)19)13(18(2)17-9)16-7-8-20-10-3-5-15-6-4-10/h10,15-16H,3-8H2,1-2H3,(H2,14,19). The molecular formula is C13H23N5O2. The summed E-state index contributed by atoms with van der Waals surface area (Å²) in [5, 5.41) is 10.7. The molecule has 0 spiro atoms. The van der Waals surface area contributed by atoms with Gasteiger partial charge in [-0.15, -0.1) is 0 Å². The number of anilines is 1. The van der Waals surface area contributed by atoms with E-state index in [9.17, 15) is 4.79 Å². The van der Waals surface area contributed by atoms with Gasteiger partial charge in [0.15, 0.2) is 0 Å². The van der Waals surface area contributed by atoms with Crippen LogP contribution in [0.3, 0.4) is 0 Å². The van der Waals surface area contributed by atoms with E-state index in [4.69, 9.17) is 10.5 Å². The van der Waals surface area contributed by atoms with Gasteiger partial charge in [0.2, 0.25) is 0 Å². The minimum absolute atomic E-state index is 0.335. The first-order chi connectivity index (χ1) is 9.59. The lowest BCUT2D eigenvalue weighted by Gasteiger charge is -2.23. The van der Waals surface area contributed by atoms with Gasteiger partial charge in [-0.05, 0) is 32.9 Å². The fourth-order valence-electron chi connectivity index (χ4n) is 2.51. The summed E-state index contributed by atoms with van der Waals surface area (Å²) in [6.45, 7) is 5.04. The molecule has 1 aliphatic rings. The molecule has 1 amide bonds. The van der Waals surface area contributed by atoms with Crippen LogP contribution in [0.2, 0.25) is 0 Å². The Kier molecular flexibility index (Phi) is 4.97. The molecule has 0 unspecified atom stereocenters. The highest BCUT2D eigenvalue weighted by Crippen LogP contribution is 2.17. The van der Waals surface area contributed by atoms with Crippen LogP contribution in [-0.2, 0) is 11.8 Å². The molecule has 4 N–H and O–H groups in total. The van der Waals surface area contributed by atoms with Crippen LogP contribution in [0.25, 0.3) is 0 Å². The second-order valence-corrected chi connectivity index (χ2v) is 5.04. The number of rotatable bonds is 6. The Morgan fingerprint density at radius 1 is 1.55 bits per heavy atom. The zero-order valence-electron chi connectivity index (χ0n) is 12.1. The normalized spacial score (nSPS) is 16.3. The first kappa shape index (κ1) is 14.8. The molecule has 1 fully saturated rings. The highest BCUT2D eigenvalue weighted by molar-refractivity contribution is 5.98. The number of nitrogens with two attached hydrogens (primary N) is 1. The Morgan fingerprint density at radius 3 is 2.90 bits per heavy atom. The van der Waals surface area contributed by atoms with Crippen LogP contribution in [-0.4, -0.2) is 48.0 Å². The molecule has 112 valence electrons. The van der Waals surface area contributed by atoms with Gasteiger partial charge in [-0.25, -0.2) is 0 Å².